The first-order valence-electron chi connectivity index (χ1n) is 8.63. The lowest BCUT2D eigenvalue weighted by molar-refractivity contribution is -0.139. The van der Waals surface area contributed by atoms with Crippen molar-refractivity contribution in [2.24, 2.45) is 0 Å². The van der Waals surface area contributed by atoms with Gasteiger partial charge in [0.2, 0.25) is 0 Å². The summed E-state index contributed by atoms with van der Waals surface area (Å²) < 4.78 is 11.1. The molecule has 1 N–H and O–H groups in total. The van der Waals surface area contributed by atoms with Crippen LogP contribution in [0.25, 0.3) is 0 Å². The van der Waals surface area contributed by atoms with Crippen LogP contribution in [0.3, 0.4) is 0 Å². The molecule has 0 aliphatic carbocycles. The summed E-state index contributed by atoms with van der Waals surface area (Å²) in [5, 5.41) is 9.36. The molecule has 0 spiro atoms. The molecule has 1 aliphatic heterocycles. The van der Waals surface area contributed by atoms with Gasteiger partial charge in [-0.1, -0.05) is 35.9 Å². The lowest BCUT2D eigenvalue weighted by Crippen LogP contribution is -2.39. The van der Waals surface area contributed by atoms with Crippen molar-refractivity contribution >= 4 is 17.6 Å². The molecule has 1 unspecified atom stereocenters. The minimum absolute atomic E-state index is 0.0502. The maximum Gasteiger partial charge on any atom is 0.341 e. The zero-order valence-electron chi connectivity index (χ0n) is 14.4. The molecule has 2 aromatic rings. The minimum atomic E-state index is -0.976. The maximum atomic E-state index is 10.5. The largest absolute Gasteiger partial charge is 0.482 e. The molecule has 1 fully saturated rings. The number of aliphatic carboxylic acids is 1. The molecule has 1 saturated heterocycles. The third-order valence-electron chi connectivity index (χ3n) is 4.37. The van der Waals surface area contributed by atoms with Gasteiger partial charge in [0.05, 0.1) is 12.7 Å². The Labute approximate surface area is 158 Å². The lowest BCUT2D eigenvalue weighted by Gasteiger charge is -2.33. The van der Waals surface area contributed by atoms with E-state index in [1.807, 2.05) is 42.5 Å². The van der Waals surface area contributed by atoms with Gasteiger partial charge in [0.1, 0.15) is 5.75 Å². The standard InChI is InChI=1S/C20H22ClNO4/c21-17-3-1-2-16(12-17)19-13-22(10-11-25-19)9-8-15-4-6-18(7-5-15)26-14-20(23)24/h1-7,12,19H,8-11,13-14H2,(H,23,24). The van der Waals surface area contributed by atoms with Crippen LogP contribution in [0.1, 0.15) is 17.2 Å². The molecule has 0 radical (unpaired) electrons. The van der Waals surface area contributed by atoms with Gasteiger partial charge in [0.15, 0.2) is 6.61 Å². The molecule has 138 valence electrons. The molecule has 0 bridgehead atoms. The molecule has 0 amide bonds. The monoisotopic (exact) mass is 375 g/mol. The first-order valence-corrected chi connectivity index (χ1v) is 9.01. The van der Waals surface area contributed by atoms with Gasteiger partial charge >= 0.3 is 5.97 Å². The molecule has 1 aliphatic rings. The van der Waals surface area contributed by atoms with Gasteiger partial charge in [0, 0.05) is 24.7 Å². The Morgan fingerprint density at radius 3 is 2.81 bits per heavy atom. The zero-order chi connectivity index (χ0) is 18.4. The summed E-state index contributed by atoms with van der Waals surface area (Å²) in [6, 6.07) is 15.4. The summed E-state index contributed by atoms with van der Waals surface area (Å²) >= 11 is 6.08. The summed E-state index contributed by atoms with van der Waals surface area (Å²) in [6.07, 6.45) is 0.968. The van der Waals surface area contributed by atoms with Gasteiger partial charge in [-0.05, 0) is 41.8 Å². The van der Waals surface area contributed by atoms with E-state index in [1.54, 1.807) is 0 Å². The van der Waals surface area contributed by atoms with Crippen molar-refractivity contribution in [2.45, 2.75) is 12.5 Å². The second-order valence-electron chi connectivity index (χ2n) is 6.29. The third-order valence-corrected chi connectivity index (χ3v) is 4.61. The quantitative estimate of drug-likeness (QED) is 0.803. The smallest absolute Gasteiger partial charge is 0.341 e. The van der Waals surface area contributed by atoms with Gasteiger partial charge in [-0.15, -0.1) is 0 Å². The number of carbonyl (C=O) groups is 1. The third kappa shape index (κ3) is 5.46. The van der Waals surface area contributed by atoms with Crippen molar-refractivity contribution in [3.05, 3.63) is 64.7 Å². The number of rotatable bonds is 7. The first kappa shape index (κ1) is 18.7. The van der Waals surface area contributed by atoms with Crippen LogP contribution >= 0.6 is 11.6 Å². The van der Waals surface area contributed by atoms with Crippen LogP contribution < -0.4 is 4.74 Å². The summed E-state index contributed by atoms with van der Waals surface area (Å²) in [5.74, 6) is -0.404. The zero-order valence-corrected chi connectivity index (χ0v) is 15.2. The number of carboxylic acids is 1. The highest BCUT2D eigenvalue weighted by Gasteiger charge is 2.21. The highest BCUT2D eigenvalue weighted by atomic mass is 35.5. The fourth-order valence-corrected chi connectivity index (χ4v) is 3.20. The number of nitrogens with zero attached hydrogens (tertiary/aromatic N) is 1. The van der Waals surface area contributed by atoms with E-state index in [-0.39, 0.29) is 12.7 Å². The van der Waals surface area contributed by atoms with Gasteiger partial charge < -0.3 is 14.6 Å². The molecule has 3 rings (SSSR count). The van der Waals surface area contributed by atoms with Gasteiger partial charge in [-0.25, -0.2) is 4.79 Å². The second-order valence-corrected chi connectivity index (χ2v) is 6.73. The number of hydrogen-bond acceptors (Lipinski definition) is 4. The van der Waals surface area contributed by atoms with Crippen LogP contribution in [0.15, 0.2) is 48.5 Å². The van der Waals surface area contributed by atoms with Crippen LogP contribution in [0.2, 0.25) is 5.02 Å². The SMILES string of the molecule is O=C(O)COc1ccc(CCN2CCOC(c3cccc(Cl)c3)C2)cc1. The Morgan fingerprint density at radius 1 is 1.27 bits per heavy atom. The second kappa shape index (κ2) is 9.03. The fourth-order valence-electron chi connectivity index (χ4n) is 3.00. The summed E-state index contributed by atoms with van der Waals surface area (Å²) in [4.78, 5) is 12.9. The van der Waals surface area contributed by atoms with E-state index in [1.165, 1.54) is 5.56 Å². The highest BCUT2D eigenvalue weighted by Crippen LogP contribution is 2.24. The van der Waals surface area contributed by atoms with Crippen molar-refractivity contribution in [1.82, 2.24) is 4.90 Å². The summed E-state index contributed by atoms with van der Waals surface area (Å²) in [5.41, 5.74) is 2.31. The van der Waals surface area contributed by atoms with Crippen molar-refractivity contribution < 1.29 is 19.4 Å². The Bertz CT molecular complexity index is 735. The Kier molecular flexibility index (Phi) is 6.50. The Balaban J connectivity index is 1.50. The topological polar surface area (TPSA) is 59.0 Å². The van der Waals surface area contributed by atoms with E-state index in [2.05, 4.69) is 11.0 Å². The lowest BCUT2D eigenvalue weighted by atomic mass is 10.1. The number of carboxylic acid groups (broad SMARTS) is 1. The van der Waals surface area contributed by atoms with E-state index in [0.717, 1.165) is 36.6 Å². The van der Waals surface area contributed by atoms with Crippen molar-refractivity contribution in [3.63, 3.8) is 0 Å². The normalized spacial score (nSPS) is 17.8. The molecule has 0 saturated carbocycles. The molecular formula is C20H22ClNO4. The molecule has 26 heavy (non-hydrogen) atoms. The van der Waals surface area contributed by atoms with Gasteiger partial charge in [-0.2, -0.15) is 0 Å². The Morgan fingerprint density at radius 2 is 2.08 bits per heavy atom. The predicted molar refractivity (Wildman–Crippen MR) is 99.9 cm³/mol. The summed E-state index contributed by atoms with van der Waals surface area (Å²) in [6.45, 7) is 3.09. The minimum Gasteiger partial charge on any atom is -0.482 e. The van der Waals surface area contributed by atoms with Crippen molar-refractivity contribution in [2.75, 3.05) is 32.8 Å². The fraction of sp³-hybridized carbons (Fsp3) is 0.350. The van der Waals surface area contributed by atoms with Crippen LogP contribution in [-0.2, 0) is 16.0 Å². The van der Waals surface area contributed by atoms with E-state index in [0.29, 0.717) is 12.4 Å². The van der Waals surface area contributed by atoms with E-state index >= 15 is 0 Å². The first-order chi connectivity index (χ1) is 12.6. The number of ether oxygens (including phenoxy) is 2. The molecule has 6 heteroatoms. The average molecular weight is 376 g/mol. The predicted octanol–water partition coefficient (Wildman–Crippen LogP) is 3.42. The number of halogens is 1. The number of morpholine rings is 1. The molecular weight excluding hydrogens is 354 g/mol. The molecule has 0 aromatic heterocycles. The number of benzene rings is 2. The Hall–Kier alpha value is -2.08. The summed E-state index contributed by atoms with van der Waals surface area (Å²) in [7, 11) is 0. The van der Waals surface area contributed by atoms with Crippen LogP contribution in [0, 0.1) is 0 Å². The van der Waals surface area contributed by atoms with Crippen LogP contribution in [0.5, 0.6) is 5.75 Å². The van der Waals surface area contributed by atoms with Crippen LogP contribution in [0.4, 0.5) is 0 Å². The van der Waals surface area contributed by atoms with Gasteiger partial charge in [-0.3, -0.25) is 4.90 Å². The molecule has 2 aromatic carbocycles. The number of hydrogen-bond donors (Lipinski definition) is 1. The van der Waals surface area contributed by atoms with E-state index in [9.17, 15) is 4.79 Å². The van der Waals surface area contributed by atoms with E-state index < -0.39 is 5.97 Å². The van der Waals surface area contributed by atoms with Crippen molar-refractivity contribution in [3.8, 4) is 5.75 Å². The highest BCUT2D eigenvalue weighted by molar-refractivity contribution is 6.30. The maximum absolute atomic E-state index is 10.5. The molecule has 5 nitrogen and oxygen atoms in total. The average Bonchev–Trinajstić information content (AvgIpc) is 2.66. The molecule has 1 heterocycles. The van der Waals surface area contributed by atoms with Gasteiger partial charge in [0.25, 0.3) is 0 Å². The molecule has 1 atom stereocenters. The van der Waals surface area contributed by atoms with Crippen LogP contribution in [-0.4, -0.2) is 48.8 Å². The van der Waals surface area contributed by atoms with Crippen molar-refractivity contribution in [1.29, 1.82) is 0 Å². The van der Waals surface area contributed by atoms with E-state index in [4.69, 9.17) is 26.2 Å².